The van der Waals surface area contributed by atoms with Crippen molar-refractivity contribution in [3.8, 4) is 0 Å². The number of aromatic nitrogens is 3. The van der Waals surface area contributed by atoms with Gasteiger partial charge in [0.15, 0.2) is 0 Å². The molecule has 0 unspecified atom stereocenters. The molecule has 0 saturated carbocycles. The molecule has 0 fully saturated rings. The Labute approximate surface area is 171 Å². The maximum absolute atomic E-state index is 12.8. The highest BCUT2D eigenvalue weighted by Gasteiger charge is 2.30. The van der Waals surface area contributed by atoms with Crippen molar-refractivity contribution in [3.05, 3.63) is 31.5 Å². The number of nitrogens with zero attached hydrogens (tertiary/aromatic N) is 3. The van der Waals surface area contributed by atoms with Crippen LogP contribution in [0.3, 0.4) is 0 Å². The predicted molar refractivity (Wildman–Crippen MR) is 103 cm³/mol. The molecule has 13 heteroatoms. The summed E-state index contributed by atoms with van der Waals surface area (Å²) in [7, 11) is 0. The molecular formula is C17H31N3O10. The van der Waals surface area contributed by atoms with Gasteiger partial charge in [-0.15, -0.1) is 0 Å². The zero-order valence-electron chi connectivity index (χ0n) is 16.7. The zero-order valence-corrected chi connectivity index (χ0v) is 16.7. The van der Waals surface area contributed by atoms with E-state index in [0.29, 0.717) is 13.7 Å². The third-order valence-electron chi connectivity index (χ3n) is 5.45. The zero-order chi connectivity index (χ0) is 22.9. The minimum Gasteiger partial charge on any atom is -0.396 e. The fraction of sp³-hybridized carbons (Fsp3) is 0.824. The van der Waals surface area contributed by atoms with Crippen LogP contribution in [0.2, 0.25) is 0 Å². The number of hydrogen-bond acceptors (Lipinski definition) is 10. The van der Waals surface area contributed by atoms with E-state index in [9.17, 15) is 50.1 Å². The van der Waals surface area contributed by atoms with Gasteiger partial charge in [-0.25, -0.2) is 28.1 Å². The summed E-state index contributed by atoms with van der Waals surface area (Å²) in [5.74, 6) is 0. The van der Waals surface area contributed by atoms with Crippen LogP contribution in [0, 0.1) is 10.8 Å². The molecule has 7 N–H and O–H groups in total. The van der Waals surface area contributed by atoms with Crippen molar-refractivity contribution in [3.63, 3.8) is 0 Å². The molecule has 0 aromatic carbocycles. The summed E-state index contributed by atoms with van der Waals surface area (Å²) in [6, 6.07) is 0. The molecule has 0 saturated heterocycles. The second-order valence-electron chi connectivity index (χ2n) is 7.47. The quantitative estimate of drug-likeness (QED) is 0.147. The van der Waals surface area contributed by atoms with Gasteiger partial charge in [-0.3, -0.25) is 0 Å². The number of aliphatic hydroxyl groups excluding tert-OH is 7. The van der Waals surface area contributed by atoms with Gasteiger partial charge in [-0.2, -0.15) is 0 Å². The molecule has 0 amide bonds. The van der Waals surface area contributed by atoms with Crippen LogP contribution in [-0.2, 0) is 19.6 Å². The second kappa shape index (κ2) is 11.5. The Hall–Kier alpha value is -1.87. The van der Waals surface area contributed by atoms with Crippen molar-refractivity contribution >= 4 is 0 Å². The Morgan fingerprint density at radius 1 is 0.500 bits per heavy atom. The molecule has 0 radical (unpaired) electrons. The lowest BCUT2D eigenvalue weighted by molar-refractivity contribution is -0.00529. The monoisotopic (exact) mass is 437 g/mol. The molecule has 0 bridgehead atoms. The van der Waals surface area contributed by atoms with Crippen molar-refractivity contribution < 1.29 is 35.7 Å². The lowest BCUT2D eigenvalue weighted by atomic mass is 9.87. The van der Waals surface area contributed by atoms with Gasteiger partial charge in [0.2, 0.25) is 0 Å². The van der Waals surface area contributed by atoms with Crippen LogP contribution in [0.4, 0.5) is 0 Å². The van der Waals surface area contributed by atoms with E-state index >= 15 is 0 Å². The number of hydrogen-bond donors (Lipinski definition) is 7. The van der Waals surface area contributed by atoms with Crippen LogP contribution < -0.4 is 17.1 Å². The highest BCUT2D eigenvalue weighted by Crippen LogP contribution is 2.21. The van der Waals surface area contributed by atoms with Gasteiger partial charge in [0, 0.05) is 23.9 Å². The first-order valence-corrected chi connectivity index (χ1v) is 9.44. The molecule has 0 aliphatic rings. The van der Waals surface area contributed by atoms with Gasteiger partial charge < -0.3 is 35.7 Å². The summed E-state index contributed by atoms with van der Waals surface area (Å²) in [5, 5.41) is 65.8. The molecule has 0 aliphatic carbocycles. The van der Waals surface area contributed by atoms with Crippen LogP contribution in [0.15, 0.2) is 14.4 Å². The van der Waals surface area contributed by atoms with Crippen LogP contribution in [0.1, 0.15) is 12.8 Å². The summed E-state index contributed by atoms with van der Waals surface area (Å²) in [6.07, 6.45) is -0.312. The summed E-state index contributed by atoms with van der Waals surface area (Å²) < 4.78 is 2.01. The molecule has 1 rings (SSSR count). The molecule has 174 valence electrons. The van der Waals surface area contributed by atoms with Gasteiger partial charge in [0.05, 0.1) is 52.8 Å². The topological polar surface area (TPSA) is 208 Å². The summed E-state index contributed by atoms with van der Waals surface area (Å²) >= 11 is 0. The maximum Gasteiger partial charge on any atom is 0.336 e. The first-order valence-electron chi connectivity index (χ1n) is 9.44. The van der Waals surface area contributed by atoms with E-state index < -0.39 is 80.7 Å². The van der Waals surface area contributed by atoms with E-state index in [4.69, 9.17) is 0 Å². The molecule has 0 spiro atoms. The Morgan fingerprint density at radius 3 is 1.00 bits per heavy atom. The third kappa shape index (κ3) is 5.43. The Kier molecular flexibility index (Phi) is 10.0. The first-order chi connectivity index (χ1) is 14.2. The Balaban J connectivity index is 3.45. The maximum atomic E-state index is 12.8. The summed E-state index contributed by atoms with van der Waals surface area (Å²) in [4.78, 5) is 38.0. The van der Waals surface area contributed by atoms with Gasteiger partial charge in [0.25, 0.3) is 0 Å². The van der Waals surface area contributed by atoms with E-state index in [-0.39, 0.29) is 25.9 Å². The van der Waals surface area contributed by atoms with Gasteiger partial charge in [0.1, 0.15) is 0 Å². The number of rotatable bonds is 14. The van der Waals surface area contributed by atoms with Gasteiger partial charge in [-0.05, 0) is 12.8 Å². The minimum absolute atomic E-state index is 0.156. The normalized spacial score (nSPS) is 12.5. The molecule has 0 aliphatic heterocycles. The summed E-state index contributed by atoms with van der Waals surface area (Å²) in [5.41, 5.74) is -5.72. The summed E-state index contributed by atoms with van der Waals surface area (Å²) in [6.45, 7) is -5.26. The fourth-order valence-electron chi connectivity index (χ4n) is 2.83. The Bertz CT molecular complexity index is 757. The molecule has 13 nitrogen and oxygen atoms in total. The lowest BCUT2D eigenvalue weighted by Gasteiger charge is -2.28. The predicted octanol–water partition coefficient (Wildman–Crippen LogP) is -5.13. The van der Waals surface area contributed by atoms with Crippen LogP contribution in [-0.4, -0.2) is 95.7 Å². The molecule has 30 heavy (non-hydrogen) atoms. The third-order valence-corrected chi connectivity index (χ3v) is 5.45. The Morgan fingerprint density at radius 2 is 0.767 bits per heavy atom. The molecule has 0 atom stereocenters. The molecule has 1 aromatic heterocycles. The number of aliphatic hydroxyl groups is 7. The van der Waals surface area contributed by atoms with Crippen molar-refractivity contribution in [2.75, 3.05) is 46.2 Å². The van der Waals surface area contributed by atoms with Crippen LogP contribution in [0.25, 0.3) is 0 Å². The smallest absolute Gasteiger partial charge is 0.336 e. The SMILES string of the molecule is O=c1n(CCO)c(=O)n(CCC(CO)(CO)CO)c(=O)n1CCC(CO)(CO)CO. The lowest BCUT2D eigenvalue weighted by Crippen LogP contribution is -2.55. The van der Waals surface area contributed by atoms with Crippen molar-refractivity contribution in [1.82, 2.24) is 13.7 Å². The van der Waals surface area contributed by atoms with E-state index in [2.05, 4.69) is 0 Å². The minimum atomic E-state index is -1.35. The van der Waals surface area contributed by atoms with E-state index in [0.717, 1.165) is 0 Å². The second-order valence-corrected chi connectivity index (χ2v) is 7.47. The average molecular weight is 437 g/mol. The average Bonchev–Trinajstić information content (AvgIpc) is 2.77. The van der Waals surface area contributed by atoms with E-state index in [1.807, 2.05) is 0 Å². The van der Waals surface area contributed by atoms with E-state index in [1.165, 1.54) is 0 Å². The van der Waals surface area contributed by atoms with Crippen molar-refractivity contribution in [2.45, 2.75) is 32.5 Å². The van der Waals surface area contributed by atoms with Crippen LogP contribution in [0.5, 0.6) is 0 Å². The molecule has 1 heterocycles. The molecular weight excluding hydrogens is 406 g/mol. The van der Waals surface area contributed by atoms with Gasteiger partial charge in [-0.1, -0.05) is 0 Å². The van der Waals surface area contributed by atoms with Crippen molar-refractivity contribution in [2.24, 2.45) is 10.8 Å². The largest absolute Gasteiger partial charge is 0.396 e. The van der Waals surface area contributed by atoms with Crippen LogP contribution >= 0.6 is 0 Å². The first kappa shape index (κ1) is 26.2. The molecule has 1 aromatic rings. The highest BCUT2D eigenvalue weighted by atomic mass is 16.3. The standard InChI is InChI=1S/C17H31N3O10/c21-6-5-20-14(29)18(3-1-16(7-22,8-23)9-24)13(28)19(15(20)30)4-2-17(10-25,11-26)12-27/h21-27H,1-12H2. The van der Waals surface area contributed by atoms with Crippen molar-refractivity contribution in [1.29, 1.82) is 0 Å². The van der Waals surface area contributed by atoms with E-state index in [1.54, 1.807) is 0 Å². The fourth-order valence-corrected chi connectivity index (χ4v) is 2.83. The highest BCUT2D eigenvalue weighted by molar-refractivity contribution is 4.84. The van der Waals surface area contributed by atoms with Gasteiger partial charge >= 0.3 is 17.1 Å².